The van der Waals surface area contributed by atoms with Gasteiger partial charge in [0.2, 0.25) is 0 Å². The van der Waals surface area contributed by atoms with E-state index in [9.17, 15) is 0 Å². The van der Waals surface area contributed by atoms with E-state index in [1.807, 2.05) is 0 Å². The standard InChI is InChI=1S/C9H12S6/c10-4-13-7-1-8(14-5-11)3-9(2-7)15-6-12/h1-3,10-12H,4-6H2. The molecule has 1 rings (SSSR count). The number of hydrogen-bond donors (Lipinski definition) is 3. The lowest BCUT2D eigenvalue weighted by Gasteiger charge is -2.06. The van der Waals surface area contributed by atoms with Crippen LogP contribution in [0.3, 0.4) is 0 Å². The average molecular weight is 313 g/mol. The molecule has 0 nitrogen and oxygen atoms in total. The Kier molecular flexibility index (Phi) is 8.07. The van der Waals surface area contributed by atoms with Crippen LogP contribution in [0, 0.1) is 0 Å². The Hall–Kier alpha value is 1.32. The van der Waals surface area contributed by atoms with Crippen molar-refractivity contribution in [3.05, 3.63) is 18.2 Å². The molecular weight excluding hydrogens is 301 g/mol. The van der Waals surface area contributed by atoms with Gasteiger partial charge in [0.1, 0.15) is 0 Å². The summed E-state index contributed by atoms with van der Waals surface area (Å²) in [5, 5.41) is 2.42. The van der Waals surface area contributed by atoms with Crippen molar-refractivity contribution in [2.45, 2.75) is 14.7 Å². The van der Waals surface area contributed by atoms with Crippen LogP contribution in [-0.4, -0.2) is 15.3 Å². The molecule has 0 saturated carbocycles. The van der Waals surface area contributed by atoms with Gasteiger partial charge in [-0.3, -0.25) is 0 Å². The van der Waals surface area contributed by atoms with E-state index >= 15 is 0 Å². The first-order valence-corrected chi connectivity index (χ1v) is 9.01. The van der Waals surface area contributed by atoms with Crippen molar-refractivity contribution in [1.82, 2.24) is 0 Å². The first-order chi connectivity index (χ1) is 7.30. The van der Waals surface area contributed by atoms with Gasteiger partial charge in [-0.05, 0) is 18.2 Å². The molecule has 0 unspecified atom stereocenters. The van der Waals surface area contributed by atoms with Crippen LogP contribution in [0.4, 0.5) is 0 Å². The van der Waals surface area contributed by atoms with Crippen LogP contribution in [0.5, 0.6) is 0 Å². The summed E-state index contributed by atoms with van der Waals surface area (Å²) in [6.45, 7) is 0. The zero-order valence-electron chi connectivity index (χ0n) is 7.92. The summed E-state index contributed by atoms with van der Waals surface area (Å²) < 4.78 is 0. The second-order valence-corrected chi connectivity index (χ2v) is 7.84. The van der Waals surface area contributed by atoms with Crippen molar-refractivity contribution in [3.8, 4) is 0 Å². The Balaban J connectivity index is 2.86. The van der Waals surface area contributed by atoms with E-state index in [2.05, 4.69) is 56.1 Å². The molecule has 1 aromatic carbocycles. The summed E-state index contributed by atoms with van der Waals surface area (Å²) >= 11 is 17.9. The lowest BCUT2D eigenvalue weighted by molar-refractivity contribution is 1.24. The fourth-order valence-corrected chi connectivity index (χ4v) is 4.29. The van der Waals surface area contributed by atoms with Crippen molar-refractivity contribution in [1.29, 1.82) is 0 Å². The fraction of sp³-hybridized carbons (Fsp3) is 0.333. The van der Waals surface area contributed by atoms with Crippen LogP contribution in [0.25, 0.3) is 0 Å². The summed E-state index contributed by atoms with van der Waals surface area (Å²) in [6.07, 6.45) is 0. The van der Waals surface area contributed by atoms with Crippen molar-refractivity contribution < 1.29 is 0 Å². The Morgan fingerprint density at radius 2 is 0.933 bits per heavy atom. The highest BCUT2D eigenvalue weighted by atomic mass is 32.2. The summed E-state index contributed by atoms with van der Waals surface area (Å²) in [6, 6.07) is 6.55. The normalized spacial score (nSPS) is 10.6. The Labute approximate surface area is 120 Å². The maximum Gasteiger partial charge on any atom is 0.0409 e. The highest BCUT2D eigenvalue weighted by Gasteiger charge is 2.01. The van der Waals surface area contributed by atoms with E-state index in [1.54, 1.807) is 35.3 Å². The zero-order chi connectivity index (χ0) is 11.1. The third-order valence-corrected chi connectivity index (χ3v) is 4.80. The molecule has 0 aliphatic rings. The highest BCUT2D eigenvalue weighted by Crippen LogP contribution is 2.32. The summed E-state index contributed by atoms with van der Waals surface area (Å²) in [5.74, 6) is 0. The predicted molar refractivity (Wildman–Crippen MR) is 85.6 cm³/mol. The third kappa shape index (κ3) is 5.46. The molecule has 15 heavy (non-hydrogen) atoms. The van der Waals surface area contributed by atoms with Crippen molar-refractivity contribution in [3.63, 3.8) is 0 Å². The average Bonchev–Trinajstić information content (AvgIpc) is 2.19. The maximum atomic E-state index is 4.22. The molecule has 0 heterocycles. The lowest BCUT2D eigenvalue weighted by atomic mass is 10.4. The van der Waals surface area contributed by atoms with Gasteiger partial charge >= 0.3 is 0 Å². The van der Waals surface area contributed by atoms with Gasteiger partial charge in [0.25, 0.3) is 0 Å². The molecule has 6 heteroatoms. The first kappa shape index (κ1) is 14.4. The summed E-state index contributed by atoms with van der Waals surface area (Å²) in [4.78, 5) is 3.79. The summed E-state index contributed by atoms with van der Waals surface area (Å²) in [5.41, 5.74) is 0. The van der Waals surface area contributed by atoms with Gasteiger partial charge in [0, 0.05) is 29.9 Å². The zero-order valence-corrected chi connectivity index (χ0v) is 13.1. The van der Waals surface area contributed by atoms with E-state index < -0.39 is 0 Å². The van der Waals surface area contributed by atoms with E-state index in [0.717, 1.165) is 15.3 Å². The quantitative estimate of drug-likeness (QED) is 0.398. The first-order valence-electron chi connectivity index (χ1n) is 4.16. The van der Waals surface area contributed by atoms with Crippen molar-refractivity contribution in [2.24, 2.45) is 0 Å². The van der Waals surface area contributed by atoms with Crippen LogP contribution in [-0.2, 0) is 0 Å². The number of thioether (sulfide) groups is 3. The van der Waals surface area contributed by atoms with E-state index in [-0.39, 0.29) is 0 Å². The topological polar surface area (TPSA) is 0 Å². The second-order valence-electron chi connectivity index (χ2n) is 2.46. The van der Waals surface area contributed by atoms with E-state index in [4.69, 9.17) is 0 Å². The minimum atomic E-state index is 0.806. The second kappa shape index (κ2) is 8.42. The van der Waals surface area contributed by atoms with Gasteiger partial charge in [-0.2, -0.15) is 37.9 Å². The summed E-state index contributed by atoms with van der Waals surface area (Å²) in [7, 11) is 0. The molecular formula is C9H12S6. The molecule has 0 aromatic heterocycles. The lowest BCUT2D eigenvalue weighted by Crippen LogP contribution is -1.80. The Morgan fingerprint density at radius 3 is 1.13 bits per heavy atom. The van der Waals surface area contributed by atoms with Crippen LogP contribution in [0.15, 0.2) is 32.9 Å². The Morgan fingerprint density at radius 1 is 0.667 bits per heavy atom. The molecule has 84 valence electrons. The minimum Gasteiger partial charge on any atom is -0.168 e. The monoisotopic (exact) mass is 312 g/mol. The fourth-order valence-electron chi connectivity index (χ4n) is 1.02. The van der Waals surface area contributed by atoms with Crippen molar-refractivity contribution in [2.75, 3.05) is 15.3 Å². The molecule has 0 atom stereocenters. The van der Waals surface area contributed by atoms with Crippen LogP contribution < -0.4 is 0 Å². The molecule has 0 N–H and O–H groups in total. The van der Waals surface area contributed by atoms with Crippen LogP contribution >= 0.6 is 73.2 Å². The van der Waals surface area contributed by atoms with Gasteiger partial charge in [-0.1, -0.05) is 0 Å². The molecule has 0 fully saturated rings. The van der Waals surface area contributed by atoms with Gasteiger partial charge in [0.15, 0.2) is 0 Å². The molecule has 0 spiro atoms. The van der Waals surface area contributed by atoms with Crippen molar-refractivity contribution >= 4 is 73.2 Å². The molecule has 0 radical (unpaired) electrons. The van der Waals surface area contributed by atoms with Gasteiger partial charge in [-0.25, -0.2) is 0 Å². The minimum absolute atomic E-state index is 0.806. The number of rotatable bonds is 6. The van der Waals surface area contributed by atoms with E-state index in [1.165, 1.54) is 14.7 Å². The number of thiol groups is 3. The van der Waals surface area contributed by atoms with Crippen LogP contribution in [0.2, 0.25) is 0 Å². The smallest absolute Gasteiger partial charge is 0.0409 e. The van der Waals surface area contributed by atoms with E-state index in [0.29, 0.717) is 0 Å². The molecule has 0 saturated heterocycles. The molecule has 0 bridgehead atoms. The Bertz CT molecular complexity index is 241. The third-order valence-electron chi connectivity index (χ3n) is 1.55. The number of hydrogen-bond acceptors (Lipinski definition) is 6. The van der Waals surface area contributed by atoms with Gasteiger partial charge in [0.05, 0.1) is 0 Å². The maximum absolute atomic E-state index is 4.22. The molecule has 1 aromatic rings. The van der Waals surface area contributed by atoms with Crippen LogP contribution in [0.1, 0.15) is 0 Å². The molecule has 0 aliphatic carbocycles. The molecule has 0 aliphatic heterocycles. The SMILES string of the molecule is SCSc1cc(SCS)cc(SCS)c1. The predicted octanol–water partition coefficient (Wildman–Crippen LogP) is 4.62. The number of benzene rings is 1. The van der Waals surface area contributed by atoms with Gasteiger partial charge in [-0.15, -0.1) is 35.3 Å². The van der Waals surface area contributed by atoms with Gasteiger partial charge < -0.3 is 0 Å². The molecule has 0 amide bonds. The largest absolute Gasteiger partial charge is 0.168 e. The highest BCUT2D eigenvalue weighted by molar-refractivity contribution is 8.10.